The van der Waals surface area contributed by atoms with Crippen LogP contribution in [0.5, 0.6) is 0 Å². The molecular formula is C13H11F3O2. The molecule has 0 aliphatic carbocycles. The lowest BCUT2D eigenvalue weighted by molar-refractivity contribution is -0.139. The Morgan fingerprint density at radius 1 is 1.33 bits per heavy atom. The van der Waals surface area contributed by atoms with Gasteiger partial charge in [0.05, 0.1) is 12.7 Å². The Hall–Kier alpha value is -1.96. The number of benzene rings is 1. The summed E-state index contributed by atoms with van der Waals surface area (Å²) in [6, 6.07) is 3.53. The largest absolute Gasteiger partial charge is 0.468 e. The Bertz CT molecular complexity index is 507. The fourth-order valence-corrected chi connectivity index (χ4v) is 1.31. The Morgan fingerprint density at radius 2 is 2.00 bits per heavy atom. The third kappa shape index (κ3) is 4.13. The zero-order valence-corrected chi connectivity index (χ0v) is 9.89. The van der Waals surface area contributed by atoms with Gasteiger partial charge in [-0.15, -0.1) is 0 Å². The van der Waals surface area contributed by atoms with Gasteiger partial charge in [0, 0.05) is 5.56 Å². The zero-order chi connectivity index (χ0) is 13.8. The SMILES string of the molecule is COC(=O)CC#Cc1cc(C)cc(C(F)(F)F)c1. The first-order valence-electron chi connectivity index (χ1n) is 5.07. The van der Waals surface area contributed by atoms with Crippen LogP contribution in [0.3, 0.4) is 0 Å². The van der Waals surface area contributed by atoms with Crippen molar-refractivity contribution < 1.29 is 22.7 Å². The molecule has 0 aliphatic heterocycles. The van der Waals surface area contributed by atoms with Crippen LogP contribution in [0.15, 0.2) is 18.2 Å². The van der Waals surface area contributed by atoms with Crippen molar-refractivity contribution in [3.8, 4) is 11.8 Å². The van der Waals surface area contributed by atoms with E-state index in [2.05, 4.69) is 16.6 Å². The molecule has 1 aromatic rings. The molecular weight excluding hydrogens is 245 g/mol. The van der Waals surface area contributed by atoms with E-state index < -0.39 is 17.7 Å². The molecule has 0 heterocycles. The molecule has 0 amide bonds. The van der Waals surface area contributed by atoms with Gasteiger partial charge in [-0.2, -0.15) is 13.2 Å². The molecule has 0 aliphatic rings. The van der Waals surface area contributed by atoms with Crippen LogP contribution in [0.25, 0.3) is 0 Å². The molecule has 5 heteroatoms. The maximum Gasteiger partial charge on any atom is 0.416 e. The van der Waals surface area contributed by atoms with Crippen molar-refractivity contribution in [2.24, 2.45) is 0 Å². The summed E-state index contributed by atoms with van der Waals surface area (Å²) in [4.78, 5) is 10.8. The van der Waals surface area contributed by atoms with E-state index in [1.54, 1.807) is 6.92 Å². The van der Waals surface area contributed by atoms with Crippen molar-refractivity contribution in [2.75, 3.05) is 7.11 Å². The third-order valence-electron chi connectivity index (χ3n) is 2.10. The summed E-state index contributed by atoms with van der Waals surface area (Å²) in [7, 11) is 1.22. The van der Waals surface area contributed by atoms with Crippen LogP contribution in [0.2, 0.25) is 0 Å². The lowest BCUT2D eigenvalue weighted by atomic mass is 10.1. The van der Waals surface area contributed by atoms with Crippen molar-refractivity contribution in [3.05, 3.63) is 34.9 Å². The number of methoxy groups -OCH3 is 1. The summed E-state index contributed by atoms with van der Waals surface area (Å²) in [5.41, 5.74) is -0.0525. The molecule has 1 aromatic carbocycles. The molecule has 0 atom stereocenters. The molecule has 0 radical (unpaired) electrons. The van der Waals surface area contributed by atoms with E-state index in [-0.39, 0.29) is 12.0 Å². The van der Waals surface area contributed by atoms with Crippen molar-refractivity contribution in [2.45, 2.75) is 19.5 Å². The van der Waals surface area contributed by atoms with E-state index >= 15 is 0 Å². The minimum atomic E-state index is -4.40. The van der Waals surface area contributed by atoms with Crippen LogP contribution in [0.1, 0.15) is 23.1 Å². The number of aryl methyl sites for hydroxylation is 1. The number of carbonyl (C=O) groups is 1. The molecule has 2 nitrogen and oxygen atoms in total. The van der Waals surface area contributed by atoms with Crippen molar-refractivity contribution >= 4 is 5.97 Å². The summed E-state index contributed by atoms with van der Waals surface area (Å²) in [5.74, 6) is 4.46. The molecule has 96 valence electrons. The predicted octanol–water partition coefficient (Wildman–Crippen LogP) is 2.93. The second kappa shape index (κ2) is 5.58. The summed E-state index contributed by atoms with van der Waals surface area (Å²) < 4.78 is 42.0. The van der Waals surface area contributed by atoms with Crippen LogP contribution in [0, 0.1) is 18.8 Å². The normalized spacial score (nSPS) is 10.5. The van der Waals surface area contributed by atoms with Crippen molar-refractivity contribution in [3.63, 3.8) is 0 Å². The zero-order valence-electron chi connectivity index (χ0n) is 9.89. The standard InChI is InChI=1S/C13H11F3O2/c1-9-6-10(4-3-5-12(17)18-2)8-11(7-9)13(14,15)16/h6-8H,5H2,1-2H3. The van der Waals surface area contributed by atoms with Crippen LogP contribution in [0.4, 0.5) is 13.2 Å². The van der Waals surface area contributed by atoms with Gasteiger partial charge >= 0.3 is 12.1 Å². The van der Waals surface area contributed by atoms with Gasteiger partial charge in [0.1, 0.15) is 6.42 Å². The summed E-state index contributed by atoms with van der Waals surface area (Å²) in [6.45, 7) is 1.56. The van der Waals surface area contributed by atoms with Gasteiger partial charge in [0.25, 0.3) is 0 Å². The van der Waals surface area contributed by atoms with E-state index in [9.17, 15) is 18.0 Å². The Morgan fingerprint density at radius 3 is 2.56 bits per heavy atom. The highest BCUT2D eigenvalue weighted by Crippen LogP contribution is 2.30. The van der Waals surface area contributed by atoms with Gasteiger partial charge in [-0.25, -0.2) is 0 Å². The third-order valence-corrected chi connectivity index (χ3v) is 2.10. The quantitative estimate of drug-likeness (QED) is 0.570. The minimum Gasteiger partial charge on any atom is -0.468 e. The lowest BCUT2D eigenvalue weighted by Gasteiger charge is -2.07. The maximum absolute atomic E-state index is 12.5. The van der Waals surface area contributed by atoms with Gasteiger partial charge in [0.15, 0.2) is 0 Å². The van der Waals surface area contributed by atoms with Crippen molar-refractivity contribution in [1.29, 1.82) is 0 Å². The monoisotopic (exact) mass is 256 g/mol. The second-order valence-corrected chi connectivity index (χ2v) is 3.64. The number of hydrogen-bond donors (Lipinski definition) is 0. The highest BCUT2D eigenvalue weighted by atomic mass is 19.4. The fraction of sp³-hybridized carbons (Fsp3) is 0.308. The maximum atomic E-state index is 12.5. The topological polar surface area (TPSA) is 26.3 Å². The van der Waals surface area contributed by atoms with E-state index in [1.807, 2.05) is 0 Å². The van der Waals surface area contributed by atoms with Crippen LogP contribution < -0.4 is 0 Å². The Labute approximate surface area is 103 Å². The van der Waals surface area contributed by atoms with Gasteiger partial charge in [-0.05, 0) is 30.7 Å². The number of hydrogen-bond acceptors (Lipinski definition) is 2. The van der Waals surface area contributed by atoms with Crippen LogP contribution >= 0.6 is 0 Å². The highest BCUT2D eigenvalue weighted by molar-refractivity contribution is 5.72. The summed E-state index contributed by atoms with van der Waals surface area (Å²) in [5, 5.41) is 0. The van der Waals surface area contributed by atoms with E-state index in [4.69, 9.17) is 0 Å². The summed E-state index contributed by atoms with van der Waals surface area (Å²) in [6.07, 6.45) is -4.55. The molecule has 18 heavy (non-hydrogen) atoms. The van der Waals surface area contributed by atoms with Gasteiger partial charge in [0.2, 0.25) is 0 Å². The van der Waals surface area contributed by atoms with Gasteiger partial charge in [-0.3, -0.25) is 4.79 Å². The molecule has 0 saturated heterocycles. The van der Waals surface area contributed by atoms with Crippen LogP contribution in [-0.4, -0.2) is 13.1 Å². The lowest BCUT2D eigenvalue weighted by Crippen LogP contribution is -2.05. The average molecular weight is 256 g/mol. The fourth-order valence-electron chi connectivity index (χ4n) is 1.31. The highest BCUT2D eigenvalue weighted by Gasteiger charge is 2.30. The Kier molecular flexibility index (Phi) is 4.38. The molecule has 0 bridgehead atoms. The van der Waals surface area contributed by atoms with E-state index in [1.165, 1.54) is 13.2 Å². The molecule has 0 N–H and O–H groups in total. The number of ether oxygens (including phenoxy) is 1. The molecule has 0 spiro atoms. The number of halogens is 3. The number of esters is 1. The summed E-state index contributed by atoms with van der Waals surface area (Å²) >= 11 is 0. The minimum absolute atomic E-state index is 0.147. The Balaban J connectivity index is 2.97. The van der Waals surface area contributed by atoms with Gasteiger partial charge in [-0.1, -0.05) is 11.8 Å². The van der Waals surface area contributed by atoms with Gasteiger partial charge < -0.3 is 4.74 Å². The van der Waals surface area contributed by atoms with E-state index in [0.29, 0.717) is 5.56 Å². The molecule has 0 saturated carbocycles. The molecule has 0 aromatic heterocycles. The molecule has 1 rings (SSSR count). The number of carbonyl (C=O) groups excluding carboxylic acids is 1. The number of rotatable bonds is 1. The van der Waals surface area contributed by atoms with E-state index in [0.717, 1.165) is 12.1 Å². The first-order valence-corrected chi connectivity index (χ1v) is 5.07. The first kappa shape index (κ1) is 14.1. The average Bonchev–Trinajstić information content (AvgIpc) is 2.27. The smallest absolute Gasteiger partial charge is 0.416 e. The first-order chi connectivity index (χ1) is 8.32. The number of alkyl halides is 3. The molecule has 0 unspecified atom stereocenters. The molecule has 0 fully saturated rings. The second-order valence-electron chi connectivity index (χ2n) is 3.64. The van der Waals surface area contributed by atoms with Crippen LogP contribution in [-0.2, 0) is 15.7 Å². The van der Waals surface area contributed by atoms with Crippen molar-refractivity contribution in [1.82, 2.24) is 0 Å². The predicted molar refractivity (Wildman–Crippen MR) is 59.7 cm³/mol.